The summed E-state index contributed by atoms with van der Waals surface area (Å²) in [5, 5.41) is 0.928. The number of benzene rings is 2. The van der Waals surface area contributed by atoms with Crippen LogP contribution in [-0.2, 0) is 17.5 Å². The van der Waals surface area contributed by atoms with Crippen LogP contribution in [-0.4, -0.2) is 105 Å². The molecular weight excluding hydrogens is 625 g/mol. The van der Waals surface area contributed by atoms with E-state index in [9.17, 15) is 18.0 Å². The van der Waals surface area contributed by atoms with Gasteiger partial charge in [0.15, 0.2) is 0 Å². The van der Waals surface area contributed by atoms with Crippen LogP contribution in [0.15, 0.2) is 54.7 Å². The van der Waals surface area contributed by atoms with Gasteiger partial charge < -0.3 is 28.8 Å². The fraction of sp³-hybridized carbons (Fsp3) is 0.412. The second-order valence-electron chi connectivity index (χ2n) is 12.4. The lowest BCUT2D eigenvalue weighted by Gasteiger charge is -2.45. The fourth-order valence-electron chi connectivity index (χ4n) is 6.95. The number of halogens is 3. The third kappa shape index (κ3) is 6.05. The molecule has 0 bridgehead atoms. The molecule has 5 aromatic rings. The van der Waals surface area contributed by atoms with E-state index in [2.05, 4.69) is 31.8 Å². The molecule has 2 aliphatic rings. The number of H-pyrrole nitrogens is 1. The van der Waals surface area contributed by atoms with Gasteiger partial charge in [-0.3, -0.25) is 9.69 Å². The highest BCUT2D eigenvalue weighted by Gasteiger charge is 2.41. The van der Waals surface area contributed by atoms with Crippen molar-refractivity contribution in [3.05, 3.63) is 66.4 Å². The zero-order chi connectivity index (χ0) is 33.6. The lowest BCUT2D eigenvalue weighted by molar-refractivity contribution is -0.149. The highest BCUT2D eigenvalue weighted by Crippen LogP contribution is 2.36. The molecule has 2 aromatic carbocycles. The smallest absolute Gasteiger partial charge is 0.449 e. The second-order valence-corrected chi connectivity index (χ2v) is 12.4. The average molecular weight is 663 g/mol. The maximum atomic E-state index is 14.2. The van der Waals surface area contributed by atoms with Crippen LogP contribution >= 0.6 is 0 Å². The Morgan fingerprint density at radius 2 is 1.77 bits per heavy atom. The summed E-state index contributed by atoms with van der Waals surface area (Å²) < 4.78 is 54.5. The van der Waals surface area contributed by atoms with Crippen LogP contribution in [0.2, 0.25) is 0 Å². The molecule has 2 aliphatic heterocycles. The number of piperazine rings is 1. The van der Waals surface area contributed by atoms with Crippen LogP contribution in [0, 0.1) is 0 Å². The number of aromatic nitrogens is 5. The predicted molar refractivity (Wildman–Crippen MR) is 174 cm³/mol. The Kier molecular flexibility index (Phi) is 8.46. The highest BCUT2D eigenvalue weighted by atomic mass is 19.4. The number of amides is 1. The molecule has 0 aliphatic carbocycles. The molecule has 2 fully saturated rings. The summed E-state index contributed by atoms with van der Waals surface area (Å²) in [4.78, 5) is 37.2. The first kappa shape index (κ1) is 31.9. The average Bonchev–Trinajstić information content (AvgIpc) is 3.73. The van der Waals surface area contributed by atoms with E-state index in [0.717, 1.165) is 41.4 Å². The number of fused-ring (bicyclic) bond motifs is 2. The number of imidazole rings is 2. The molecule has 3 aromatic heterocycles. The van der Waals surface area contributed by atoms with Gasteiger partial charge in [-0.2, -0.15) is 13.2 Å². The number of alkyl halides is 3. The Hall–Kier alpha value is -4.69. The molecule has 5 heterocycles. The van der Waals surface area contributed by atoms with Crippen LogP contribution in [0.25, 0.3) is 33.2 Å². The van der Waals surface area contributed by atoms with Crippen molar-refractivity contribution in [2.45, 2.75) is 37.6 Å². The molecule has 14 heteroatoms. The summed E-state index contributed by atoms with van der Waals surface area (Å²) in [6.45, 7) is 2.85. The summed E-state index contributed by atoms with van der Waals surface area (Å²) >= 11 is 0. The van der Waals surface area contributed by atoms with Crippen LogP contribution in [0.4, 0.5) is 13.2 Å². The van der Waals surface area contributed by atoms with Gasteiger partial charge in [0.05, 0.1) is 48.2 Å². The molecular formula is C34H37F3N8O3. The minimum atomic E-state index is -4.76. The van der Waals surface area contributed by atoms with Crippen molar-refractivity contribution in [2.75, 3.05) is 54.0 Å². The van der Waals surface area contributed by atoms with Crippen molar-refractivity contribution in [1.29, 1.82) is 0 Å². The first-order valence-electron chi connectivity index (χ1n) is 16.0. The van der Waals surface area contributed by atoms with Crippen molar-refractivity contribution in [3.63, 3.8) is 0 Å². The Bertz CT molecular complexity index is 1950. The third-order valence-corrected chi connectivity index (χ3v) is 9.52. The van der Waals surface area contributed by atoms with E-state index < -0.39 is 30.5 Å². The van der Waals surface area contributed by atoms with E-state index in [1.54, 1.807) is 24.3 Å². The lowest BCUT2D eigenvalue weighted by atomic mass is 10.0. The van der Waals surface area contributed by atoms with Crippen LogP contribution in [0.3, 0.4) is 0 Å². The number of para-hydroxylation sites is 1. The summed E-state index contributed by atoms with van der Waals surface area (Å²) in [6.07, 6.45) is -1.07. The van der Waals surface area contributed by atoms with Crippen LogP contribution in [0.1, 0.15) is 30.5 Å². The number of nitrogens with one attached hydrogen (secondary N) is 1. The summed E-state index contributed by atoms with van der Waals surface area (Å²) in [7, 11) is 5.11. The topological polar surface area (TPSA) is 105 Å². The molecule has 7 rings (SSSR count). The normalized spacial score (nSPS) is 18.5. The number of nitrogens with zero attached hydrogens (tertiary/aromatic N) is 7. The first-order chi connectivity index (χ1) is 23.1. The van der Waals surface area contributed by atoms with Gasteiger partial charge in [0.25, 0.3) is 0 Å². The number of methoxy groups -OCH3 is 2. The molecule has 0 spiro atoms. The van der Waals surface area contributed by atoms with E-state index >= 15 is 0 Å². The molecule has 11 nitrogen and oxygen atoms in total. The minimum absolute atomic E-state index is 0.133. The standard InChI is InChI=1S/C34H37F3N8O3/c1-42-12-10-22(11-13-42)43-14-15-44(30(46)20-45-28-17-23(47-2)8-9-26(28)41-33(45)34(35,36)37)29(19-43)31-38-18-27(39-31)24-16-21-6-4-5-7-25(21)40-32(24)48-3/h4-9,16-18,22,29H,10-15,19-20H2,1-3H3,(H,38,39)/t29-/m0/s1. The van der Waals surface area contributed by atoms with Crippen molar-refractivity contribution >= 4 is 27.8 Å². The van der Waals surface area contributed by atoms with Gasteiger partial charge >= 0.3 is 6.18 Å². The molecule has 0 unspecified atom stereocenters. The van der Waals surface area contributed by atoms with Gasteiger partial charge in [0.2, 0.25) is 17.6 Å². The van der Waals surface area contributed by atoms with Crippen molar-refractivity contribution in [1.82, 2.24) is 39.2 Å². The number of hydrogen-bond donors (Lipinski definition) is 1. The number of aromatic amines is 1. The van der Waals surface area contributed by atoms with Crippen LogP contribution < -0.4 is 9.47 Å². The van der Waals surface area contributed by atoms with Gasteiger partial charge in [-0.1, -0.05) is 18.2 Å². The molecule has 1 N–H and O–H groups in total. The largest absolute Gasteiger partial charge is 0.497 e. The number of piperidine rings is 1. The van der Waals surface area contributed by atoms with E-state index in [4.69, 9.17) is 14.5 Å². The molecule has 1 atom stereocenters. The summed E-state index contributed by atoms with van der Waals surface area (Å²) in [5.74, 6) is -0.249. The zero-order valence-electron chi connectivity index (χ0n) is 27.0. The number of likely N-dealkylation sites (tertiary alicyclic amines) is 1. The summed E-state index contributed by atoms with van der Waals surface area (Å²) in [6, 6.07) is 14.0. The van der Waals surface area contributed by atoms with Crippen LogP contribution in [0.5, 0.6) is 11.6 Å². The predicted octanol–water partition coefficient (Wildman–Crippen LogP) is 4.99. The second kappa shape index (κ2) is 12.7. The molecule has 0 saturated carbocycles. The van der Waals surface area contributed by atoms with Gasteiger partial charge in [-0.25, -0.2) is 15.0 Å². The number of carbonyl (C=O) groups excluding carboxylic acids is 1. The van der Waals surface area contributed by atoms with Gasteiger partial charge in [0, 0.05) is 37.1 Å². The van der Waals surface area contributed by atoms with E-state index in [1.165, 1.54) is 19.2 Å². The summed E-state index contributed by atoms with van der Waals surface area (Å²) in [5.41, 5.74) is 2.47. The van der Waals surface area contributed by atoms with Crippen molar-refractivity contribution in [2.24, 2.45) is 0 Å². The Balaban J connectivity index is 1.24. The van der Waals surface area contributed by atoms with E-state index in [-0.39, 0.29) is 11.0 Å². The molecule has 1 amide bonds. The van der Waals surface area contributed by atoms with Crippen molar-refractivity contribution in [3.8, 4) is 22.9 Å². The fourth-order valence-corrected chi connectivity index (χ4v) is 6.95. The Labute approximate surface area is 275 Å². The maximum Gasteiger partial charge on any atom is 0.449 e. The van der Waals surface area contributed by atoms with Gasteiger partial charge in [-0.15, -0.1) is 0 Å². The van der Waals surface area contributed by atoms with Gasteiger partial charge in [-0.05, 0) is 57.2 Å². The first-order valence-corrected chi connectivity index (χ1v) is 16.0. The number of rotatable bonds is 7. The number of pyridine rings is 1. The molecule has 0 radical (unpaired) electrons. The zero-order valence-corrected chi connectivity index (χ0v) is 27.0. The maximum absolute atomic E-state index is 14.2. The number of ether oxygens (including phenoxy) is 2. The van der Waals surface area contributed by atoms with E-state index in [1.807, 2.05) is 30.3 Å². The lowest BCUT2D eigenvalue weighted by Crippen LogP contribution is -2.56. The van der Waals surface area contributed by atoms with Gasteiger partial charge in [0.1, 0.15) is 24.2 Å². The number of carbonyl (C=O) groups is 1. The van der Waals surface area contributed by atoms with E-state index in [0.29, 0.717) is 54.4 Å². The molecule has 252 valence electrons. The SMILES string of the molecule is COc1ccc2nc(C(F)(F)F)n(CC(=O)N3CCN(C4CCN(C)CC4)C[C@H]3c3ncc(-c4cc5ccccc5nc4OC)[nH]3)c2c1. The van der Waals surface area contributed by atoms with Crippen molar-refractivity contribution < 1.29 is 27.4 Å². The third-order valence-electron chi connectivity index (χ3n) is 9.52. The minimum Gasteiger partial charge on any atom is -0.497 e. The monoisotopic (exact) mass is 662 g/mol. The highest BCUT2D eigenvalue weighted by molar-refractivity contribution is 5.86. The quantitative estimate of drug-likeness (QED) is 0.260. The number of hydrogen-bond acceptors (Lipinski definition) is 8. The molecule has 2 saturated heterocycles. The molecule has 48 heavy (non-hydrogen) atoms. The Morgan fingerprint density at radius 3 is 2.52 bits per heavy atom. The Morgan fingerprint density at radius 1 is 0.979 bits per heavy atom.